The van der Waals surface area contributed by atoms with Gasteiger partial charge in [0.15, 0.2) is 0 Å². The summed E-state index contributed by atoms with van der Waals surface area (Å²) in [6.45, 7) is 6.04. The van der Waals surface area contributed by atoms with E-state index in [0.717, 1.165) is 17.6 Å². The molecule has 0 aliphatic heterocycles. The average Bonchev–Trinajstić information content (AvgIpc) is 2.23. The van der Waals surface area contributed by atoms with Gasteiger partial charge in [0.1, 0.15) is 0 Å². The molecule has 0 spiro atoms. The van der Waals surface area contributed by atoms with Gasteiger partial charge in [0.05, 0.1) is 0 Å². The SMILES string of the molecule is Cc1ccc(CNCC(C)CO)cc1Br. The Kier molecular flexibility index (Phi) is 5.29. The summed E-state index contributed by atoms with van der Waals surface area (Å²) in [7, 11) is 0. The molecule has 0 saturated heterocycles. The van der Waals surface area contributed by atoms with E-state index >= 15 is 0 Å². The first-order valence-electron chi connectivity index (χ1n) is 5.20. The van der Waals surface area contributed by atoms with E-state index < -0.39 is 0 Å². The van der Waals surface area contributed by atoms with Gasteiger partial charge < -0.3 is 10.4 Å². The Morgan fingerprint density at radius 1 is 1.47 bits per heavy atom. The van der Waals surface area contributed by atoms with Gasteiger partial charge in [-0.05, 0) is 30.0 Å². The quantitative estimate of drug-likeness (QED) is 0.863. The highest BCUT2D eigenvalue weighted by Crippen LogP contribution is 2.17. The Balaban J connectivity index is 2.41. The Morgan fingerprint density at radius 3 is 2.80 bits per heavy atom. The van der Waals surface area contributed by atoms with Crippen molar-refractivity contribution in [2.75, 3.05) is 13.2 Å². The number of nitrogens with one attached hydrogen (secondary N) is 1. The Labute approximate surface area is 99.8 Å². The first-order valence-corrected chi connectivity index (χ1v) is 5.99. The van der Waals surface area contributed by atoms with Gasteiger partial charge in [-0.15, -0.1) is 0 Å². The van der Waals surface area contributed by atoms with Crippen molar-refractivity contribution in [1.29, 1.82) is 0 Å². The van der Waals surface area contributed by atoms with Crippen LogP contribution >= 0.6 is 15.9 Å². The standard InChI is InChI=1S/C12H18BrNO/c1-9(8-15)6-14-7-11-4-3-10(2)12(13)5-11/h3-5,9,14-15H,6-8H2,1-2H3. The normalized spacial score (nSPS) is 12.8. The van der Waals surface area contributed by atoms with E-state index in [-0.39, 0.29) is 6.61 Å². The van der Waals surface area contributed by atoms with Crippen LogP contribution in [0.2, 0.25) is 0 Å². The van der Waals surface area contributed by atoms with E-state index in [1.165, 1.54) is 11.1 Å². The Hall–Kier alpha value is -0.380. The molecule has 2 nitrogen and oxygen atoms in total. The van der Waals surface area contributed by atoms with E-state index in [0.29, 0.717) is 5.92 Å². The van der Waals surface area contributed by atoms with Crippen molar-refractivity contribution in [3.63, 3.8) is 0 Å². The monoisotopic (exact) mass is 271 g/mol. The van der Waals surface area contributed by atoms with Crippen LogP contribution in [0.25, 0.3) is 0 Å². The van der Waals surface area contributed by atoms with Crippen LogP contribution in [0.3, 0.4) is 0 Å². The largest absolute Gasteiger partial charge is 0.396 e. The minimum atomic E-state index is 0.241. The lowest BCUT2D eigenvalue weighted by atomic mass is 10.1. The zero-order valence-electron chi connectivity index (χ0n) is 9.26. The molecular weight excluding hydrogens is 254 g/mol. The second-order valence-electron chi connectivity index (χ2n) is 4.00. The van der Waals surface area contributed by atoms with Gasteiger partial charge in [0.25, 0.3) is 0 Å². The molecule has 1 aromatic carbocycles. The fourth-order valence-corrected chi connectivity index (χ4v) is 1.70. The van der Waals surface area contributed by atoms with Crippen molar-refractivity contribution < 1.29 is 5.11 Å². The highest BCUT2D eigenvalue weighted by atomic mass is 79.9. The minimum absolute atomic E-state index is 0.241. The van der Waals surface area contributed by atoms with E-state index in [2.05, 4.69) is 46.4 Å². The highest BCUT2D eigenvalue weighted by molar-refractivity contribution is 9.10. The molecule has 0 amide bonds. The number of benzene rings is 1. The van der Waals surface area contributed by atoms with Crippen molar-refractivity contribution in [3.8, 4) is 0 Å². The Morgan fingerprint density at radius 2 is 2.20 bits per heavy atom. The van der Waals surface area contributed by atoms with E-state index in [1.54, 1.807) is 0 Å². The smallest absolute Gasteiger partial charge is 0.0468 e. The number of aliphatic hydroxyl groups is 1. The van der Waals surface area contributed by atoms with Crippen LogP contribution in [0.4, 0.5) is 0 Å². The molecule has 1 aromatic rings. The van der Waals surface area contributed by atoms with Gasteiger partial charge in [-0.1, -0.05) is 35.0 Å². The molecule has 0 radical (unpaired) electrons. The highest BCUT2D eigenvalue weighted by Gasteiger charge is 2.00. The van der Waals surface area contributed by atoms with Crippen LogP contribution in [0.5, 0.6) is 0 Å². The Bertz CT molecular complexity index is 314. The van der Waals surface area contributed by atoms with Crippen molar-refractivity contribution in [2.45, 2.75) is 20.4 Å². The first-order chi connectivity index (χ1) is 7.13. The summed E-state index contributed by atoms with van der Waals surface area (Å²) in [6.07, 6.45) is 0. The molecule has 1 unspecified atom stereocenters. The first kappa shape index (κ1) is 12.7. The van der Waals surface area contributed by atoms with Crippen molar-refractivity contribution in [2.24, 2.45) is 5.92 Å². The molecule has 0 aromatic heterocycles. The predicted molar refractivity (Wildman–Crippen MR) is 66.8 cm³/mol. The number of aliphatic hydroxyl groups excluding tert-OH is 1. The number of aryl methyl sites for hydroxylation is 1. The van der Waals surface area contributed by atoms with E-state index in [9.17, 15) is 0 Å². The molecule has 0 aliphatic carbocycles. The molecule has 0 saturated carbocycles. The van der Waals surface area contributed by atoms with Crippen LogP contribution in [0.1, 0.15) is 18.1 Å². The van der Waals surface area contributed by atoms with Gasteiger partial charge in [0.2, 0.25) is 0 Å². The summed E-state index contributed by atoms with van der Waals surface area (Å²) in [4.78, 5) is 0. The predicted octanol–water partition coefficient (Wildman–Crippen LogP) is 2.48. The second kappa shape index (κ2) is 6.26. The number of hydrogen-bond acceptors (Lipinski definition) is 2. The molecule has 0 bridgehead atoms. The van der Waals surface area contributed by atoms with Crippen molar-refractivity contribution in [1.82, 2.24) is 5.32 Å². The lowest BCUT2D eigenvalue weighted by molar-refractivity contribution is 0.233. The second-order valence-corrected chi connectivity index (χ2v) is 4.86. The van der Waals surface area contributed by atoms with Gasteiger partial charge in [0, 0.05) is 24.2 Å². The number of rotatable bonds is 5. The third-order valence-corrected chi connectivity index (χ3v) is 3.22. The number of hydrogen-bond donors (Lipinski definition) is 2. The summed E-state index contributed by atoms with van der Waals surface area (Å²) < 4.78 is 1.15. The fraction of sp³-hybridized carbons (Fsp3) is 0.500. The van der Waals surface area contributed by atoms with Crippen LogP contribution in [0.15, 0.2) is 22.7 Å². The lowest BCUT2D eigenvalue weighted by Gasteiger charge is -2.10. The van der Waals surface area contributed by atoms with Gasteiger partial charge >= 0.3 is 0 Å². The maximum absolute atomic E-state index is 8.86. The van der Waals surface area contributed by atoms with E-state index in [4.69, 9.17) is 5.11 Å². The maximum Gasteiger partial charge on any atom is 0.0468 e. The molecule has 84 valence electrons. The summed E-state index contributed by atoms with van der Waals surface area (Å²) in [5, 5.41) is 12.2. The summed E-state index contributed by atoms with van der Waals surface area (Å²) in [5.41, 5.74) is 2.51. The topological polar surface area (TPSA) is 32.3 Å². The van der Waals surface area contributed by atoms with Crippen LogP contribution < -0.4 is 5.32 Å². The molecule has 3 heteroatoms. The van der Waals surface area contributed by atoms with Crippen LogP contribution in [-0.4, -0.2) is 18.3 Å². The van der Waals surface area contributed by atoms with Gasteiger partial charge in [-0.2, -0.15) is 0 Å². The third-order valence-electron chi connectivity index (χ3n) is 2.37. The summed E-state index contributed by atoms with van der Waals surface area (Å²) in [6, 6.07) is 6.36. The van der Waals surface area contributed by atoms with Crippen LogP contribution in [0, 0.1) is 12.8 Å². The molecule has 1 atom stereocenters. The van der Waals surface area contributed by atoms with Gasteiger partial charge in [-0.3, -0.25) is 0 Å². The fourth-order valence-electron chi connectivity index (χ4n) is 1.27. The van der Waals surface area contributed by atoms with E-state index in [1.807, 2.05) is 6.92 Å². The van der Waals surface area contributed by atoms with Crippen LogP contribution in [-0.2, 0) is 6.54 Å². The van der Waals surface area contributed by atoms with Crippen molar-refractivity contribution >= 4 is 15.9 Å². The zero-order chi connectivity index (χ0) is 11.3. The molecule has 0 aliphatic rings. The number of halogens is 1. The lowest BCUT2D eigenvalue weighted by Crippen LogP contribution is -2.22. The third kappa shape index (κ3) is 4.33. The molecular formula is C12H18BrNO. The minimum Gasteiger partial charge on any atom is -0.396 e. The maximum atomic E-state index is 8.86. The molecule has 1 rings (SSSR count). The van der Waals surface area contributed by atoms with Gasteiger partial charge in [-0.25, -0.2) is 0 Å². The zero-order valence-corrected chi connectivity index (χ0v) is 10.8. The molecule has 0 fully saturated rings. The molecule has 15 heavy (non-hydrogen) atoms. The summed E-state index contributed by atoms with van der Waals surface area (Å²) >= 11 is 3.51. The molecule has 0 heterocycles. The summed E-state index contributed by atoms with van der Waals surface area (Å²) in [5.74, 6) is 0.318. The molecule has 2 N–H and O–H groups in total. The average molecular weight is 272 g/mol. The van der Waals surface area contributed by atoms with Crippen molar-refractivity contribution in [3.05, 3.63) is 33.8 Å².